The fourth-order valence-electron chi connectivity index (χ4n) is 3.21. The summed E-state index contributed by atoms with van der Waals surface area (Å²) in [6.07, 6.45) is 2.27. The fraction of sp³-hybridized carbons (Fsp3) is 0.394. The maximum atomic E-state index is 12.6. The van der Waals surface area contributed by atoms with Crippen molar-refractivity contribution in [2.75, 3.05) is 33.7 Å². The summed E-state index contributed by atoms with van der Waals surface area (Å²) < 4.78 is 55.1. The van der Waals surface area contributed by atoms with Gasteiger partial charge in [-0.2, -0.15) is 0 Å². The Morgan fingerprint density at radius 1 is 0.935 bits per heavy atom. The van der Waals surface area contributed by atoms with Gasteiger partial charge >= 0.3 is 11.9 Å². The van der Waals surface area contributed by atoms with Crippen molar-refractivity contribution in [1.29, 1.82) is 0 Å². The van der Waals surface area contributed by atoms with Crippen molar-refractivity contribution < 1.29 is 53.0 Å². The van der Waals surface area contributed by atoms with E-state index in [9.17, 15) is 23.2 Å². The molecule has 0 aliphatic heterocycles. The second-order valence-electron chi connectivity index (χ2n) is 9.39. The summed E-state index contributed by atoms with van der Waals surface area (Å²) in [5.41, 5.74) is 7.08. The number of aromatic nitrogens is 1. The largest absolute Gasteiger partial charge is 0.493 e. The highest BCUT2D eigenvalue weighted by atomic mass is 19.1. The van der Waals surface area contributed by atoms with Crippen LogP contribution in [0.4, 0.5) is 8.78 Å². The number of methoxy groups -OCH3 is 1. The first-order chi connectivity index (χ1) is 22.0. The molecule has 0 radical (unpaired) electrons. The first-order valence-electron chi connectivity index (χ1n) is 14.4. The molecule has 0 aliphatic rings. The molecule has 13 heteroatoms. The lowest BCUT2D eigenvalue weighted by molar-refractivity contribution is -0.155. The number of nitrogens with zero attached hydrogens (tertiary/aromatic N) is 1. The zero-order chi connectivity index (χ0) is 34.3. The third kappa shape index (κ3) is 17.0. The molecule has 0 bridgehead atoms. The number of ether oxygens (including phenoxy) is 6. The van der Waals surface area contributed by atoms with Crippen LogP contribution in [-0.4, -0.2) is 62.7 Å². The number of aryl methyl sites for hydroxylation is 1. The van der Waals surface area contributed by atoms with Crippen molar-refractivity contribution >= 4 is 17.8 Å². The van der Waals surface area contributed by atoms with E-state index in [2.05, 4.69) is 4.98 Å². The van der Waals surface area contributed by atoms with Crippen LogP contribution in [0.5, 0.6) is 11.5 Å². The summed E-state index contributed by atoms with van der Waals surface area (Å²) in [4.78, 5) is 37.2. The molecule has 254 valence electrons. The van der Waals surface area contributed by atoms with Crippen molar-refractivity contribution in [1.82, 2.24) is 4.98 Å². The number of pyridine rings is 1. The van der Waals surface area contributed by atoms with E-state index >= 15 is 0 Å². The van der Waals surface area contributed by atoms with Gasteiger partial charge in [0, 0.05) is 33.1 Å². The van der Waals surface area contributed by atoms with Gasteiger partial charge in [0.05, 0.1) is 20.3 Å². The van der Waals surface area contributed by atoms with Crippen LogP contribution < -0.4 is 15.2 Å². The van der Waals surface area contributed by atoms with Crippen LogP contribution in [0, 0.1) is 18.6 Å². The Balaban J connectivity index is 0.000000721. The molecule has 1 atom stereocenters. The van der Waals surface area contributed by atoms with Gasteiger partial charge in [0.15, 0.2) is 17.2 Å². The van der Waals surface area contributed by atoms with Gasteiger partial charge in [-0.25, -0.2) is 18.6 Å². The number of benzene rings is 2. The first-order valence-corrected chi connectivity index (χ1v) is 14.4. The molecule has 0 saturated carbocycles. The van der Waals surface area contributed by atoms with Gasteiger partial charge in [0.1, 0.15) is 24.3 Å². The van der Waals surface area contributed by atoms with Crippen molar-refractivity contribution in [3.05, 3.63) is 89.2 Å². The fourth-order valence-corrected chi connectivity index (χ4v) is 3.21. The molecule has 1 aromatic heterocycles. The maximum Gasteiger partial charge on any atom is 0.334 e. The van der Waals surface area contributed by atoms with Crippen molar-refractivity contribution in [3.8, 4) is 11.5 Å². The van der Waals surface area contributed by atoms with E-state index in [0.717, 1.165) is 11.1 Å². The average Bonchev–Trinajstić information content (AvgIpc) is 3.04. The van der Waals surface area contributed by atoms with E-state index in [0.29, 0.717) is 32.7 Å². The first kappa shape index (κ1) is 39.4. The smallest absolute Gasteiger partial charge is 0.334 e. The van der Waals surface area contributed by atoms with Gasteiger partial charge in [0.25, 0.3) is 5.91 Å². The molecule has 46 heavy (non-hydrogen) atoms. The molecule has 3 rings (SSSR count). The van der Waals surface area contributed by atoms with Crippen LogP contribution in [-0.2, 0) is 35.1 Å². The van der Waals surface area contributed by atoms with Crippen LogP contribution in [0.25, 0.3) is 0 Å². The van der Waals surface area contributed by atoms with Crippen molar-refractivity contribution in [2.24, 2.45) is 5.73 Å². The molecule has 0 fully saturated rings. The predicted octanol–water partition coefficient (Wildman–Crippen LogP) is 5.56. The molecule has 11 nitrogen and oxygen atoms in total. The normalized spacial score (nSPS) is 10.7. The molecule has 1 amide bonds. The van der Waals surface area contributed by atoms with Crippen molar-refractivity contribution in [2.45, 2.75) is 53.2 Å². The molecule has 2 aromatic carbocycles. The highest BCUT2D eigenvalue weighted by molar-refractivity contribution is 5.94. The Morgan fingerprint density at radius 2 is 1.57 bits per heavy atom. The Bertz CT molecular complexity index is 1310. The van der Waals surface area contributed by atoms with E-state index in [4.69, 9.17) is 34.2 Å². The Kier molecular flexibility index (Phi) is 19.6. The third-order valence-electron chi connectivity index (χ3n) is 5.65. The molecular formula is C33H44F2N2O9. The number of primary amides is 1. The summed E-state index contributed by atoms with van der Waals surface area (Å²) >= 11 is 0. The van der Waals surface area contributed by atoms with E-state index < -0.39 is 18.7 Å². The number of amides is 1. The number of carbonyl (C=O) groups excluding carboxylic acids is 3. The Labute approximate surface area is 269 Å². The zero-order valence-corrected chi connectivity index (χ0v) is 26.8. The topological polar surface area (TPSA) is 146 Å². The molecule has 3 aromatic rings. The second kappa shape index (κ2) is 22.8. The number of rotatable bonds is 15. The minimum Gasteiger partial charge on any atom is -0.493 e. The standard InChI is InChI=1S/C14H19FO3.C12H16N2O6.C7H7F.H2/c1-3-14(16)18-11(2)8-9-17-10-12-4-6-13(15)7-5-12;1-3-18-6-9(15)19-7-20-11-8(17-2)4-5-14-10(11)12(13)16;1-6-2-4-7(8)5-3-6;/h4-7,11H,3,8-10H2,1-2H3;4-5H,3,6-7H2,1-2H3,(H2,13,16);2-5H,1H3;1H/t11-;;;/m0.../s1. The van der Waals surface area contributed by atoms with E-state index in [1.807, 2.05) is 13.8 Å². The maximum absolute atomic E-state index is 12.6. The summed E-state index contributed by atoms with van der Waals surface area (Å²) in [5, 5.41) is 0. The highest BCUT2D eigenvalue weighted by Crippen LogP contribution is 2.29. The van der Waals surface area contributed by atoms with Gasteiger partial charge < -0.3 is 34.2 Å². The second-order valence-corrected chi connectivity index (χ2v) is 9.39. The predicted molar refractivity (Wildman–Crippen MR) is 167 cm³/mol. The molecule has 0 spiro atoms. The van der Waals surface area contributed by atoms with Gasteiger partial charge in [-0.15, -0.1) is 0 Å². The number of esters is 2. The molecule has 1 heterocycles. The lowest BCUT2D eigenvalue weighted by atomic mass is 10.2. The number of nitrogens with two attached hydrogens (primary N) is 1. The van der Waals surface area contributed by atoms with Crippen molar-refractivity contribution in [3.63, 3.8) is 0 Å². The van der Waals surface area contributed by atoms with E-state index in [-0.39, 0.29) is 48.9 Å². The molecular weight excluding hydrogens is 606 g/mol. The van der Waals surface area contributed by atoms with E-state index in [1.54, 1.807) is 38.1 Å². The van der Waals surface area contributed by atoms with Crippen LogP contribution in [0.1, 0.15) is 56.7 Å². The number of halogens is 2. The van der Waals surface area contributed by atoms with Gasteiger partial charge in [0.2, 0.25) is 6.79 Å². The number of carbonyl (C=O) groups is 3. The quantitative estimate of drug-likeness (QED) is 0.126. The monoisotopic (exact) mass is 650 g/mol. The molecule has 0 unspecified atom stereocenters. The number of hydrogen-bond acceptors (Lipinski definition) is 10. The van der Waals surface area contributed by atoms with Crippen LogP contribution in [0.15, 0.2) is 60.8 Å². The Hall–Kier alpha value is -4.62. The van der Waals surface area contributed by atoms with E-state index in [1.165, 1.54) is 43.6 Å². The summed E-state index contributed by atoms with van der Waals surface area (Å²) in [6.45, 7) is 8.06. The Morgan fingerprint density at radius 3 is 2.11 bits per heavy atom. The van der Waals surface area contributed by atoms with Crippen LogP contribution >= 0.6 is 0 Å². The average molecular weight is 651 g/mol. The van der Waals surface area contributed by atoms with Crippen LogP contribution in [0.3, 0.4) is 0 Å². The minimum atomic E-state index is -0.778. The van der Waals surface area contributed by atoms with Gasteiger partial charge in [-0.05, 0) is 50.6 Å². The summed E-state index contributed by atoms with van der Waals surface area (Å²) in [7, 11) is 1.40. The SMILES string of the molecule is CCC(=O)O[C@@H](C)CCOCc1ccc(F)cc1.CCOCC(=O)OCOc1c(OC)ccnc1C(N)=O.Cc1ccc(F)cc1.[HH]. The van der Waals surface area contributed by atoms with Gasteiger partial charge in [-0.3, -0.25) is 9.59 Å². The highest BCUT2D eigenvalue weighted by Gasteiger charge is 2.17. The van der Waals surface area contributed by atoms with Gasteiger partial charge in [-0.1, -0.05) is 36.8 Å². The third-order valence-corrected chi connectivity index (χ3v) is 5.65. The summed E-state index contributed by atoms with van der Waals surface area (Å²) in [5.74, 6) is -1.70. The molecule has 2 N–H and O–H groups in total. The lowest BCUT2D eigenvalue weighted by Gasteiger charge is -2.12. The lowest BCUT2D eigenvalue weighted by Crippen LogP contribution is -2.19. The minimum absolute atomic E-state index is 0. The molecule has 0 aliphatic carbocycles. The summed E-state index contributed by atoms with van der Waals surface area (Å²) in [6, 6.07) is 14.1. The number of hydrogen-bond donors (Lipinski definition) is 1. The zero-order valence-electron chi connectivity index (χ0n) is 26.8. The van der Waals surface area contributed by atoms with Crippen LogP contribution in [0.2, 0.25) is 0 Å². The molecule has 0 saturated heterocycles.